The van der Waals surface area contributed by atoms with E-state index >= 15 is 0 Å². The molecule has 0 aromatic carbocycles. The molecule has 1 atom stereocenters. The molecule has 1 rings (SSSR count). The maximum Gasteiger partial charge on any atom is 0.261 e. The normalized spacial score (nSPS) is 12.5. The molecule has 0 fully saturated rings. The van der Waals surface area contributed by atoms with E-state index in [1.54, 1.807) is 11.8 Å². The number of carbonyl (C=O) groups excluding carboxylic acids is 1. The summed E-state index contributed by atoms with van der Waals surface area (Å²) < 4.78 is 1.04. The number of halogens is 1. The predicted molar refractivity (Wildman–Crippen MR) is 76.7 cm³/mol. The summed E-state index contributed by atoms with van der Waals surface area (Å²) >= 11 is 6.72. The lowest BCUT2D eigenvalue weighted by atomic mass is 10.2. The fraction of sp³-hybridized carbons (Fsp3) is 0.545. The number of nitrogens with one attached hydrogen (secondary N) is 1. The van der Waals surface area contributed by atoms with E-state index in [-0.39, 0.29) is 11.9 Å². The lowest BCUT2D eigenvalue weighted by Crippen LogP contribution is -2.32. The summed E-state index contributed by atoms with van der Waals surface area (Å²) in [7, 11) is 0. The van der Waals surface area contributed by atoms with E-state index in [1.165, 1.54) is 11.3 Å². The third-order valence-electron chi connectivity index (χ3n) is 2.21. The van der Waals surface area contributed by atoms with Gasteiger partial charge < -0.3 is 5.32 Å². The number of aryl methyl sites for hydroxylation is 1. The van der Waals surface area contributed by atoms with E-state index in [4.69, 9.17) is 0 Å². The van der Waals surface area contributed by atoms with Gasteiger partial charge >= 0.3 is 0 Å². The third-order valence-corrected chi connectivity index (χ3v) is 4.99. The molecule has 0 saturated carbocycles. The Hall–Kier alpha value is -0.0000000000000000833. The largest absolute Gasteiger partial charge is 0.349 e. The minimum Gasteiger partial charge on any atom is -0.349 e. The van der Waals surface area contributed by atoms with Gasteiger partial charge in [-0.05, 0) is 59.8 Å². The van der Waals surface area contributed by atoms with Crippen molar-refractivity contribution in [3.8, 4) is 0 Å². The molecule has 90 valence electrons. The van der Waals surface area contributed by atoms with Gasteiger partial charge in [0.2, 0.25) is 0 Å². The van der Waals surface area contributed by atoms with E-state index in [9.17, 15) is 4.79 Å². The van der Waals surface area contributed by atoms with Gasteiger partial charge in [0.05, 0.1) is 8.66 Å². The molecule has 0 aliphatic carbocycles. The quantitative estimate of drug-likeness (QED) is 0.896. The van der Waals surface area contributed by atoms with Gasteiger partial charge in [0, 0.05) is 6.04 Å². The molecule has 0 aliphatic rings. The molecular formula is C11H16BrNOS2. The molecule has 0 radical (unpaired) electrons. The molecule has 1 amide bonds. The molecule has 16 heavy (non-hydrogen) atoms. The molecule has 0 saturated heterocycles. The van der Waals surface area contributed by atoms with Crippen LogP contribution < -0.4 is 5.32 Å². The van der Waals surface area contributed by atoms with Crippen LogP contribution in [-0.4, -0.2) is 24.0 Å². The molecule has 1 aromatic heterocycles. The van der Waals surface area contributed by atoms with Crippen molar-refractivity contribution in [2.45, 2.75) is 26.3 Å². The summed E-state index contributed by atoms with van der Waals surface area (Å²) in [5.41, 5.74) is 1.12. The van der Waals surface area contributed by atoms with Gasteiger partial charge in [-0.1, -0.05) is 0 Å². The number of carbonyl (C=O) groups is 1. The maximum atomic E-state index is 11.9. The van der Waals surface area contributed by atoms with Crippen LogP contribution >= 0.6 is 39.0 Å². The van der Waals surface area contributed by atoms with Crippen molar-refractivity contribution in [1.82, 2.24) is 5.32 Å². The molecule has 1 heterocycles. The summed E-state index contributed by atoms with van der Waals surface area (Å²) in [5.74, 6) is 1.11. The van der Waals surface area contributed by atoms with Gasteiger partial charge in [-0.2, -0.15) is 11.8 Å². The van der Waals surface area contributed by atoms with Crippen LogP contribution in [0, 0.1) is 6.92 Å². The van der Waals surface area contributed by atoms with Crippen LogP contribution in [-0.2, 0) is 0 Å². The number of thiophene rings is 1. The predicted octanol–water partition coefficient (Wildman–Crippen LogP) is 3.69. The highest BCUT2D eigenvalue weighted by Crippen LogP contribution is 2.27. The summed E-state index contributed by atoms with van der Waals surface area (Å²) in [6, 6.07) is 2.16. The number of thioether (sulfide) groups is 1. The van der Waals surface area contributed by atoms with Crippen LogP contribution in [0.4, 0.5) is 0 Å². The van der Waals surface area contributed by atoms with E-state index in [0.717, 1.165) is 26.4 Å². The fourth-order valence-electron chi connectivity index (χ4n) is 1.23. The Balaban J connectivity index is 2.52. The first kappa shape index (κ1) is 14.1. The second-order valence-electron chi connectivity index (χ2n) is 3.72. The van der Waals surface area contributed by atoms with Gasteiger partial charge in [-0.3, -0.25) is 4.79 Å². The summed E-state index contributed by atoms with van der Waals surface area (Å²) in [6.45, 7) is 4.04. The van der Waals surface area contributed by atoms with E-state index in [1.807, 2.05) is 19.9 Å². The Morgan fingerprint density at radius 2 is 2.38 bits per heavy atom. The number of hydrogen-bond donors (Lipinski definition) is 1. The van der Waals surface area contributed by atoms with E-state index < -0.39 is 0 Å². The second kappa shape index (κ2) is 6.67. The molecule has 1 aromatic rings. The summed E-state index contributed by atoms with van der Waals surface area (Å²) in [4.78, 5) is 12.6. The van der Waals surface area contributed by atoms with E-state index in [0.29, 0.717) is 0 Å². The topological polar surface area (TPSA) is 29.1 Å². The van der Waals surface area contributed by atoms with Gasteiger partial charge in [0.25, 0.3) is 5.91 Å². The van der Waals surface area contributed by atoms with Crippen molar-refractivity contribution in [2.75, 3.05) is 12.0 Å². The minimum atomic E-state index is 0.0346. The van der Waals surface area contributed by atoms with Crippen molar-refractivity contribution in [3.05, 3.63) is 20.3 Å². The molecule has 5 heteroatoms. The fourth-order valence-corrected chi connectivity index (χ4v) is 3.26. The smallest absolute Gasteiger partial charge is 0.261 e. The van der Waals surface area contributed by atoms with Crippen molar-refractivity contribution in [2.24, 2.45) is 0 Å². The molecular weight excluding hydrogens is 306 g/mol. The van der Waals surface area contributed by atoms with Crippen LogP contribution in [0.2, 0.25) is 0 Å². The Kier molecular flexibility index (Phi) is 5.86. The van der Waals surface area contributed by atoms with Crippen LogP contribution in [0.15, 0.2) is 9.85 Å². The lowest BCUT2D eigenvalue weighted by Gasteiger charge is -2.11. The SMILES string of the molecule is CSCCC(C)NC(=O)c1cc(C)c(Br)s1. The van der Waals surface area contributed by atoms with Crippen molar-refractivity contribution in [1.29, 1.82) is 0 Å². The summed E-state index contributed by atoms with van der Waals surface area (Å²) in [5, 5.41) is 3.01. The zero-order chi connectivity index (χ0) is 12.1. The molecule has 1 unspecified atom stereocenters. The van der Waals surface area contributed by atoms with E-state index in [2.05, 4.69) is 27.5 Å². The first-order chi connectivity index (χ1) is 7.54. The van der Waals surface area contributed by atoms with Gasteiger partial charge in [0.15, 0.2) is 0 Å². The van der Waals surface area contributed by atoms with Crippen LogP contribution in [0.1, 0.15) is 28.6 Å². The number of amides is 1. The second-order valence-corrected chi connectivity index (χ2v) is 7.08. The Morgan fingerprint density at radius 1 is 1.69 bits per heavy atom. The highest BCUT2D eigenvalue weighted by atomic mass is 79.9. The third kappa shape index (κ3) is 4.11. The van der Waals surface area contributed by atoms with Crippen LogP contribution in [0.5, 0.6) is 0 Å². The zero-order valence-electron chi connectivity index (χ0n) is 9.67. The standard InChI is InChI=1S/C11H16BrNOS2/c1-7-6-9(16-10(7)12)11(14)13-8(2)4-5-15-3/h6,8H,4-5H2,1-3H3,(H,13,14). The molecule has 0 aliphatic heterocycles. The van der Waals surface area contributed by atoms with Gasteiger partial charge in [-0.15, -0.1) is 11.3 Å². The number of rotatable bonds is 5. The molecule has 1 N–H and O–H groups in total. The zero-order valence-corrected chi connectivity index (χ0v) is 12.9. The maximum absolute atomic E-state index is 11.9. The monoisotopic (exact) mass is 321 g/mol. The average molecular weight is 322 g/mol. The Morgan fingerprint density at radius 3 is 2.88 bits per heavy atom. The van der Waals surface area contributed by atoms with Crippen molar-refractivity contribution in [3.63, 3.8) is 0 Å². The van der Waals surface area contributed by atoms with Crippen LogP contribution in [0.3, 0.4) is 0 Å². The first-order valence-electron chi connectivity index (χ1n) is 5.10. The Bertz CT molecular complexity index is 345. The average Bonchev–Trinajstić information content (AvgIpc) is 2.56. The number of hydrogen-bond acceptors (Lipinski definition) is 3. The highest BCUT2D eigenvalue weighted by molar-refractivity contribution is 9.11. The van der Waals surface area contributed by atoms with Crippen molar-refractivity contribution >= 4 is 44.9 Å². The molecule has 0 bridgehead atoms. The molecule has 2 nitrogen and oxygen atoms in total. The van der Waals surface area contributed by atoms with Gasteiger partial charge in [0.1, 0.15) is 0 Å². The Labute approximate surface area is 113 Å². The van der Waals surface area contributed by atoms with Crippen LogP contribution in [0.25, 0.3) is 0 Å². The van der Waals surface area contributed by atoms with Gasteiger partial charge in [-0.25, -0.2) is 0 Å². The summed E-state index contributed by atoms with van der Waals surface area (Å²) in [6.07, 6.45) is 3.09. The highest BCUT2D eigenvalue weighted by Gasteiger charge is 2.13. The van der Waals surface area contributed by atoms with Crippen molar-refractivity contribution < 1.29 is 4.79 Å². The minimum absolute atomic E-state index is 0.0346. The molecule has 0 spiro atoms. The first-order valence-corrected chi connectivity index (χ1v) is 8.10. The lowest BCUT2D eigenvalue weighted by molar-refractivity contribution is 0.0943.